The summed E-state index contributed by atoms with van der Waals surface area (Å²) in [5.41, 5.74) is 1.35. The molecular weight excluding hydrogens is 96.9 g/mol. The van der Waals surface area contributed by atoms with Gasteiger partial charge in [0.1, 0.15) is 0 Å². The molecule has 8 heavy (non-hydrogen) atoms. The van der Waals surface area contributed by atoms with Crippen LogP contribution in [0.4, 0.5) is 0 Å². The van der Waals surface area contributed by atoms with E-state index in [1.165, 1.54) is 5.56 Å². The molecule has 0 N–H and O–H groups in total. The van der Waals surface area contributed by atoms with Gasteiger partial charge >= 0.3 is 49.1 Å². The van der Waals surface area contributed by atoms with E-state index >= 15 is 0 Å². The molecule has 40 valence electrons. The van der Waals surface area contributed by atoms with E-state index in [-0.39, 0.29) is 0 Å². The monoisotopic (exact) mass is 105 g/mol. The zero-order chi connectivity index (χ0) is 5.82. The number of rotatable bonds is 1. The Hall–Kier alpha value is -0.655. The van der Waals surface area contributed by atoms with Crippen molar-refractivity contribution in [2.24, 2.45) is 0 Å². The van der Waals surface area contributed by atoms with E-state index in [0.29, 0.717) is 0 Å². The molecule has 0 amide bonds. The van der Waals surface area contributed by atoms with Crippen LogP contribution in [0.3, 0.4) is 0 Å². The minimum absolute atomic E-state index is 1.10. The molecular formula is C6H8BN. The van der Waals surface area contributed by atoms with E-state index in [1.807, 2.05) is 25.3 Å². The molecule has 0 saturated carbocycles. The van der Waals surface area contributed by atoms with Crippen LogP contribution in [0.5, 0.6) is 0 Å². The first-order chi connectivity index (χ1) is 3.93. The molecule has 1 aromatic rings. The maximum absolute atomic E-state index is 3.89. The topological polar surface area (TPSA) is 12.9 Å². The predicted molar refractivity (Wildman–Crippen MR) is 35.0 cm³/mol. The summed E-state index contributed by atoms with van der Waals surface area (Å²) in [6, 6.07) is 2.03. The Balaban J connectivity index is 2.83. The summed E-state index contributed by atoms with van der Waals surface area (Å²) >= 11 is 0. The van der Waals surface area contributed by atoms with Gasteiger partial charge in [0.2, 0.25) is 0 Å². The first-order valence-electron chi connectivity index (χ1n) is 2.82. The van der Waals surface area contributed by atoms with Gasteiger partial charge in [0.25, 0.3) is 0 Å². The van der Waals surface area contributed by atoms with Gasteiger partial charge in [0, 0.05) is 0 Å². The third-order valence-electron chi connectivity index (χ3n) is 1.16. The summed E-state index contributed by atoms with van der Waals surface area (Å²) in [6.45, 7) is 2.13. The van der Waals surface area contributed by atoms with Gasteiger partial charge in [-0.15, -0.1) is 0 Å². The fourth-order valence-corrected chi connectivity index (χ4v) is 0.618. The van der Waals surface area contributed by atoms with Crippen LogP contribution in [0.15, 0.2) is 18.2 Å². The minimum atomic E-state index is 1.10. The molecule has 0 aliphatic carbocycles. The number of aryl methyl sites for hydroxylation is 1. The molecule has 0 atom stereocenters. The van der Waals surface area contributed by atoms with Gasteiger partial charge in [-0.3, -0.25) is 0 Å². The summed E-state index contributed by atoms with van der Waals surface area (Å²) in [5.74, 6) is 2.03. The Kier molecular flexibility index (Phi) is 1.78. The van der Waals surface area contributed by atoms with E-state index in [1.54, 1.807) is 0 Å². The molecule has 0 fully saturated rings. The van der Waals surface area contributed by atoms with Crippen molar-refractivity contribution in [1.82, 2.24) is 4.89 Å². The first-order valence-corrected chi connectivity index (χ1v) is 2.82. The van der Waals surface area contributed by atoms with Gasteiger partial charge < -0.3 is 0 Å². The van der Waals surface area contributed by atoms with Gasteiger partial charge in [-0.25, -0.2) is 0 Å². The van der Waals surface area contributed by atoms with Crippen LogP contribution in [0, 0.1) is 0 Å². The van der Waals surface area contributed by atoms with Crippen molar-refractivity contribution in [3.63, 3.8) is 0 Å². The summed E-state index contributed by atoms with van der Waals surface area (Å²) in [6.07, 6.45) is 2.92. The molecule has 0 unspecified atom stereocenters. The van der Waals surface area contributed by atoms with E-state index in [9.17, 15) is 0 Å². The van der Waals surface area contributed by atoms with Crippen molar-refractivity contribution in [2.75, 3.05) is 0 Å². The number of hydrogen-bond acceptors (Lipinski definition) is 1. The molecule has 2 heteroatoms. The molecule has 0 aromatic carbocycles. The molecule has 0 spiro atoms. The van der Waals surface area contributed by atoms with Crippen LogP contribution < -0.4 is 0 Å². The second kappa shape index (κ2) is 2.60. The Bertz CT molecular complexity index is 150. The van der Waals surface area contributed by atoms with Crippen molar-refractivity contribution in [2.45, 2.75) is 13.3 Å². The van der Waals surface area contributed by atoms with Crippen molar-refractivity contribution in [1.29, 1.82) is 0 Å². The molecule has 1 aromatic heterocycles. The van der Waals surface area contributed by atoms with Crippen LogP contribution in [0.1, 0.15) is 12.5 Å². The quantitative estimate of drug-likeness (QED) is 0.518. The van der Waals surface area contributed by atoms with Crippen molar-refractivity contribution < 1.29 is 0 Å². The fourth-order valence-electron chi connectivity index (χ4n) is 0.618. The van der Waals surface area contributed by atoms with Crippen molar-refractivity contribution in [3.05, 3.63) is 23.8 Å². The van der Waals surface area contributed by atoms with Gasteiger partial charge in [-0.2, -0.15) is 0 Å². The molecule has 0 aliphatic rings. The van der Waals surface area contributed by atoms with Crippen molar-refractivity contribution in [3.8, 4) is 0 Å². The average Bonchev–Trinajstić information content (AvgIpc) is 1.90. The molecule has 0 radical (unpaired) electrons. The summed E-state index contributed by atoms with van der Waals surface area (Å²) in [7, 11) is 1.82. The van der Waals surface area contributed by atoms with Crippen LogP contribution >= 0.6 is 0 Å². The second-order valence-corrected chi connectivity index (χ2v) is 1.71. The second-order valence-electron chi connectivity index (χ2n) is 1.71. The van der Waals surface area contributed by atoms with Crippen LogP contribution in [-0.4, -0.2) is 11.9 Å². The number of nitrogens with zero attached hydrogens (tertiary/aromatic N) is 1. The SMILES string of the molecule is CCc1cbncc1. The maximum atomic E-state index is 3.89. The Labute approximate surface area is 50.0 Å². The fraction of sp³-hybridized carbons (Fsp3) is 0.333. The third-order valence-corrected chi connectivity index (χ3v) is 1.16. The van der Waals surface area contributed by atoms with Gasteiger partial charge in [-0.05, 0) is 0 Å². The first kappa shape index (κ1) is 5.48. The van der Waals surface area contributed by atoms with E-state index < -0.39 is 0 Å². The van der Waals surface area contributed by atoms with Gasteiger partial charge in [0.05, 0.1) is 0 Å². The van der Waals surface area contributed by atoms with Crippen LogP contribution in [-0.2, 0) is 6.42 Å². The Morgan fingerprint density at radius 2 is 2.62 bits per heavy atom. The molecule has 1 nitrogen and oxygen atoms in total. The summed E-state index contributed by atoms with van der Waals surface area (Å²) in [5, 5.41) is 0. The Morgan fingerprint density at radius 1 is 1.75 bits per heavy atom. The van der Waals surface area contributed by atoms with Crippen LogP contribution in [0.25, 0.3) is 0 Å². The standard InChI is InChI=1S/C6H8BN/c1-2-6-3-4-8-7-5-6/h3-5H,2H2,1H3. The van der Waals surface area contributed by atoms with Crippen LogP contribution in [0.2, 0.25) is 0 Å². The third kappa shape index (κ3) is 1.16. The van der Waals surface area contributed by atoms with Gasteiger partial charge in [-0.1, -0.05) is 0 Å². The number of aromatic nitrogens is 1. The van der Waals surface area contributed by atoms with Gasteiger partial charge in [0.15, 0.2) is 0 Å². The van der Waals surface area contributed by atoms with Crippen molar-refractivity contribution >= 4 is 7.05 Å². The van der Waals surface area contributed by atoms with E-state index in [0.717, 1.165) is 6.42 Å². The Morgan fingerprint density at radius 3 is 3.00 bits per heavy atom. The average molecular weight is 105 g/mol. The number of hydrogen-bond donors (Lipinski definition) is 0. The van der Waals surface area contributed by atoms with E-state index in [2.05, 4.69) is 11.8 Å². The molecule has 0 bridgehead atoms. The molecule has 0 aliphatic heterocycles. The molecule has 1 heterocycles. The summed E-state index contributed by atoms with van der Waals surface area (Å²) in [4.78, 5) is 3.89. The molecule has 1 rings (SSSR count). The zero-order valence-electron chi connectivity index (χ0n) is 4.96. The van der Waals surface area contributed by atoms with E-state index in [4.69, 9.17) is 0 Å². The molecule has 0 saturated heterocycles. The summed E-state index contributed by atoms with van der Waals surface area (Å²) < 4.78 is 0. The normalized spacial score (nSPS) is 8.62. The predicted octanol–water partition coefficient (Wildman–Crippen LogP) is 0.982. The zero-order valence-corrected chi connectivity index (χ0v) is 4.96.